The van der Waals surface area contributed by atoms with E-state index < -0.39 is 0 Å². The first kappa shape index (κ1) is 11.1. The third-order valence-corrected chi connectivity index (χ3v) is 3.95. The first-order valence-electron chi connectivity index (χ1n) is 5.66. The van der Waals surface area contributed by atoms with Crippen LogP contribution in [0.5, 0.6) is 0 Å². The largest absolute Gasteiger partial charge is 0.336 e. The molecule has 2 aliphatic heterocycles. The number of rotatable bonds is 4. The molecule has 2 aliphatic rings. The highest BCUT2D eigenvalue weighted by molar-refractivity contribution is 7.99. The zero-order chi connectivity index (χ0) is 10.7. The molecule has 1 N–H and O–H groups in total. The normalized spacial score (nSPS) is 26.6. The van der Waals surface area contributed by atoms with Gasteiger partial charge in [-0.2, -0.15) is 11.8 Å². The van der Waals surface area contributed by atoms with Gasteiger partial charge < -0.3 is 10.2 Å². The molecular weight excluding hydrogens is 210 g/mol. The molecule has 2 saturated heterocycles. The molecule has 0 saturated carbocycles. The van der Waals surface area contributed by atoms with E-state index in [0.29, 0.717) is 6.04 Å². The van der Waals surface area contributed by atoms with Crippen LogP contribution in [0.2, 0.25) is 0 Å². The Labute approximate surface area is 95.4 Å². The highest BCUT2D eigenvalue weighted by Crippen LogP contribution is 2.14. The van der Waals surface area contributed by atoms with Gasteiger partial charge in [-0.1, -0.05) is 6.92 Å². The maximum atomic E-state index is 11.4. The average molecular weight is 229 g/mol. The highest BCUT2D eigenvalue weighted by Gasteiger charge is 2.34. The van der Waals surface area contributed by atoms with Crippen molar-refractivity contribution in [2.45, 2.75) is 13.0 Å². The van der Waals surface area contributed by atoms with Crippen LogP contribution in [-0.4, -0.2) is 66.1 Å². The van der Waals surface area contributed by atoms with Gasteiger partial charge >= 0.3 is 6.03 Å². The van der Waals surface area contributed by atoms with E-state index in [1.165, 1.54) is 11.5 Å². The van der Waals surface area contributed by atoms with Crippen molar-refractivity contribution < 1.29 is 4.79 Å². The summed E-state index contributed by atoms with van der Waals surface area (Å²) in [5.74, 6) is 2.41. The average Bonchev–Trinajstić information content (AvgIpc) is 2.61. The Bertz CT molecular complexity index is 237. The van der Waals surface area contributed by atoms with Crippen LogP contribution in [0.1, 0.15) is 6.92 Å². The quantitative estimate of drug-likeness (QED) is 0.711. The van der Waals surface area contributed by atoms with E-state index in [4.69, 9.17) is 0 Å². The Kier molecular flexibility index (Phi) is 3.75. The third kappa shape index (κ3) is 2.58. The van der Waals surface area contributed by atoms with Crippen molar-refractivity contribution in [1.82, 2.24) is 15.1 Å². The van der Waals surface area contributed by atoms with Crippen LogP contribution in [0.15, 0.2) is 0 Å². The molecule has 0 bridgehead atoms. The number of carbonyl (C=O) groups excluding carboxylic acids is 1. The number of hydrogen-bond donors (Lipinski definition) is 1. The van der Waals surface area contributed by atoms with E-state index in [1.54, 1.807) is 0 Å². The van der Waals surface area contributed by atoms with Crippen molar-refractivity contribution in [1.29, 1.82) is 0 Å². The summed E-state index contributed by atoms with van der Waals surface area (Å²) in [5, 5.41) is 2.90. The van der Waals surface area contributed by atoms with Crippen molar-refractivity contribution in [2.24, 2.45) is 0 Å². The summed E-state index contributed by atoms with van der Waals surface area (Å²) in [4.78, 5) is 15.8. The molecular formula is C10H19N3OS. The topological polar surface area (TPSA) is 35.6 Å². The van der Waals surface area contributed by atoms with Gasteiger partial charge in [0.2, 0.25) is 0 Å². The lowest BCUT2D eigenvalue weighted by atomic mass is 10.2. The minimum Gasteiger partial charge on any atom is -0.336 e. The lowest BCUT2D eigenvalue weighted by Crippen LogP contribution is -2.52. The van der Waals surface area contributed by atoms with Crippen molar-refractivity contribution in [3.63, 3.8) is 0 Å². The smallest absolute Gasteiger partial charge is 0.317 e. The maximum Gasteiger partial charge on any atom is 0.317 e. The van der Waals surface area contributed by atoms with E-state index in [9.17, 15) is 4.79 Å². The Balaban J connectivity index is 1.75. The number of urea groups is 1. The molecule has 86 valence electrons. The molecule has 0 aromatic carbocycles. The molecule has 2 fully saturated rings. The molecule has 5 heteroatoms. The lowest BCUT2D eigenvalue weighted by molar-refractivity contribution is 0.126. The summed E-state index contributed by atoms with van der Waals surface area (Å²) in [5.41, 5.74) is 0. The summed E-state index contributed by atoms with van der Waals surface area (Å²) in [6.45, 7) is 7.17. The number of carbonyl (C=O) groups is 1. The van der Waals surface area contributed by atoms with Crippen molar-refractivity contribution >= 4 is 17.8 Å². The molecule has 4 nitrogen and oxygen atoms in total. The number of hydrogen-bond acceptors (Lipinski definition) is 3. The van der Waals surface area contributed by atoms with E-state index in [-0.39, 0.29) is 6.03 Å². The fourth-order valence-electron chi connectivity index (χ4n) is 2.21. The van der Waals surface area contributed by atoms with Gasteiger partial charge in [0.1, 0.15) is 0 Å². The highest BCUT2D eigenvalue weighted by atomic mass is 32.2. The number of piperazine rings is 1. The van der Waals surface area contributed by atoms with E-state index >= 15 is 0 Å². The molecule has 15 heavy (non-hydrogen) atoms. The van der Waals surface area contributed by atoms with Gasteiger partial charge in [0, 0.05) is 38.5 Å². The van der Waals surface area contributed by atoms with E-state index in [1.807, 2.05) is 16.7 Å². The molecule has 2 heterocycles. The summed E-state index contributed by atoms with van der Waals surface area (Å²) in [7, 11) is 0. The zero-order valence-electron chi connectivity index (χ0n) is 9.24. The van der Waals surface area contributed by atoms with Crippen LogP contribution >= 0.6 is 11.8 Å². The SMILES string of the molecule is CCSCCN1CCN2C(=O)NCC2C1. The first-order valence-corrected chi connectivity index (χ1v) is 6.81. The summed E-state index contributed by atoms with van der Waals surface area (Å²) < 4.78 is 0. The standard InChI is InChI=1S/C10H19N3OS/c1-2-15-6-5-12-3-4-13-9(8-12)7-11-10(13)14/h9H,2-8H2,1H3,(H,11,14). The Morgan fingerprint density at radius 3 is 3.20 bits per heavy atom. The second-order valence-electron chi connectivity index (χ2n) is 4.03. The molecule has 0 aromatic heterocycles. The Morgan fingerprint density at radius 1 is 1.53 bits per heavy atom. The molecule has 0 radical (unpaired) electrons. The van der Waals surface area contributed by atoms with Gasteiger partial charge in [-0.3, -0.25) is 4.90 Å². The Hall–Kier alpha value is -0.420. The van der Waals surface area contributed by atoms with E-state index in [0.717, 1.165) is 32.7 Å². The molecule has 0 aliphatic carbocycles. The van der Waals surface area contributed by atoms with Crippen LogP contribution in [0.4, 0.5) is 4.79 Å². The molecule has 2 rings (SSSR count). The molecule has 0 aromatic rings. The van der Waals surface area contributed by atoms with Crippen LogP contribution < -0.4 is 5.32 Å². The minimum absolute atomic E-state index is 0.127. The fraction of sp³-hybridized carbons (Fsp3) is 0.900. The third-order valence-electron chi connectivity index (χ3n) is 3.07. The molecule has 1 atom stereocenters. The zero-order valence-corrected chi connectivity index (χ0v) is 10.1. The van der Waals surface area contributed by atoms with Crippen molar-refractivity contribution in [3.05, 3.63) is 0 Å². The van der Waals surface area contributed by atoms with Crippen LogP contribution in [0.3, 0.4) is 0 Å². The second kappa shape index (κ2) is 5.07. The Morgan fingerprint density at radius 2 is 2.40 bits per heavy atom. The molecule has 0 spiro atoms. The number of fused-ring (bicyclic) bond motifs is 1. The fourth-order valence-corrected chi connectivity index (χ4v) is 2.89. The van der Waals surface area contributed by atoms with E-state index in [2.05, 4.69) is 17.1 Å². The van der Waals surface area contributed by atoms with Crippen LogP contribution in [-0.2, 0) is 0 Å². The van der Waals surface area contributed by atoms with Crippen LogP contribution in [0, 0.1) is 0 Å². The predicted molar refractivity (Wildman–Crippen MR) is 63.3 cm³/mol. The van der Waals surface area contributed by atoms with Gasteiger partial charge in [0.15, 0.2) is 0 Å². The predicted octanol–water partition coefficient (Wildman–Crippen LogP) is 0.449. The molecule has 2 amide bonds. The lowest BCUT2D eigenvalue weighted by Gasteiger charge is -2.36. The first-order chi connectivity index (χ1) is 7.31. The van der Waals surface area contributed by atoms with Gasteiger partial charge in [-0.15, -0.1) is 0 Å². The van der Waals surface area contributed by atoms with Gasteiger partial charge in [0.25, 0.3) is 0 Å². The summed E-state index contributed by atoms with van der Waals surface area (Å²) in [6, 6.07) is 0.542. The van der Waals surface area contributed by atoms with Gasteiger partial charge in [0.05, 0.1) is 6.04 Å². The van der Waals surface area contributed by atoms with Crippen LogP contribution in [0.25, 0.3) is 0 Å². The maximum absolute atomic E-state index is 11.4. The number of nitrogens with zero attached hydrogens (tertiary/aromatic N) is 2. The van der Waals surface area contributed by atoms with Crippen molar-refractivity contribution in [2.75, 3.05) is 44.2 Å². The number of nitrogens with one attached hydrogen (secondary N) is 1. The second-order valence-corrected chi connectivity index (χ2v) is 5.42. The number of thioether (sulfide) groups is 1. The van der Waals surface area contributed by atoms with Gasteiger partial charge in [-0.05, 0) is 5.75 Å². The van der Waals surface area contributed by atoms with Gasteiger partial charge in [-0.25, -0.2) is 4.79 Å². The molecule has 1 unspecified atom stereocenters. The summed E-state index contributed by atoms with van der Waals surface area (Å²) >= 11 is 1.99. The van der Waals surface area contributed by atoms with Crippen molar-refractivity contribution in [3.8, 4) is 0 Å². The monoisotopic (exact) mass is 229 g/mol. The summed E-state index contributed by atoms with van der Waals surface area (Å²) in [6.07, 6.45) is 0. The minimum atomic E-state index is 0.127. The number of amides is 2.